The summed E-state index contributed by atoms with van der Waals surface area (Å²) in [6.45, 7) is 6.45. The molecule has 3 aromatic rings. The largest absolute Gasteiger partial charge is 0.511 e. The van der Waals surface area contributed by atoms with E-state index in [1.165, 1.54) is 26.4 Å². The van der Waals surface area contributed by atoms with Gasteiger partial charge in [0, 0.05) is 5.56 Å². The van der Waals surface area contributed by atoms with Gasteiger partial charge in [-0.3, -0.25) is 4.79 Å². The molecule has 0 saturated heterocycles. The summed E-state index contributed by atoms with van der Waals surface area (Å²) in [6.07, 6.45) is 6.17. The van der Waals surface area contributed by atoms with Gasteiger partial charge in [0.25, 0.3) is 5.91 Å². The molecule has 206 valence electrons. The molecule has 3 aromatic carbocycles. The van der Waals surface area contributed by atoms with E-state index < -0.39 is 12.0 Å². The molecule has 7 nitrogen and oxygen atoms in total. The molecule has 1 atom stereocenters. The van der Waals surface area contributed by atoms with Gasteiger partial charge in [-0.2, -0.15) is 0 Å². The molecule has 0 bridgehead atoms. The highest BCUT2D eigenvalue weighted by Crippen LogP contribution is 2.19. The van der Waals surface area contributed by atoms with E-state index in [9.17, 15) is 14.7 Å². The molecule has 0 fully saturated rings. The zero-order valence-corrected chi connectivity index (χ0v) is 22.7. The van der Waals surface area contributed by atoms with Gasteiger partial charge in [-0.15, -0.1) is 0 Å². The van der Waals surface area contributed by atoms with Gasteiger partial charge >= 0.3 is 5.97 Å². The van der Waals surface area contributed by atoms with Crippen molar-refractivity contribution in [2.24, 2.45) is 0 Å². The molecule has 0 unspecified atom stereocenters. The molecule has 0 aromatic heterocycles. The van der Waals surface area contributed by atoms with Crippen molar-refractivity contribution in [3.05, 3.63) is 102 Å². The van der Waals surface area contributed by atoms with E-state index in [0.717, 1.165) is 24.2 Å². The number of esters is 1. The number of carbonyl (C=O) groups excluding carboxylic acids is 2. The van der Waals surface area contributed by atoms with Crippen LogP contribution in [-0.2, 0) is 6.42 Å². The highest BCUT2D eigenvalue weighted by atomic mass is 16.5. The maximum atomic E-state index is 12.7. The van der Waals surface area contributed by atoms with Gasteiger partial charge in [-0.25, -0.2) is 4.79 Å². The maximum Gasteiger partial charge on any atom is 0.343 e. The Labute approximate surface area is 230 Å². The average Bonchev–Trinajstić information content (AvgIpc) is 2.95. The van der Waals surface area contributed by atoms with E-state index in [-0.39, 0.29) is 11.7 Å². The molecule has 39 heavy (non-hydrogen) atoms. The third-order valence-corrected chi connectivity index (χ3v) is 6.22. The van der Waals surface area contributed by atoms with Crippen molar-refractivity contribution in [1.29, 1.82) is 0 Å². The minimum Gasteiger partial charge on any atom is -0.511 e. The molecule has 0 saturated carbocycles. The number of benzene rings is 3. The molecule has 0 aliphatic rings. The standard InChI is InChI=1S/C32H37NO6/c1-4-5-6-7-8-20-38-27-18-14-25(15-19-27)32(36)39-28-16-12-24(13-17-28)21-30(23(2)34)33-31(35)26-10-9-11-29(22-26)37-3/h9-19,22,30,34H,2,4-8,20-21H2,1,3H3,(H,33,35)/t30-/m0/s1. The van der Waals surface area contributed by atoms with Crippen molar-refractivity contribution in [2.45, 2.75) is 51.5 Å². The van der Waals surface area contributed by atoms with Crippen molar-refractivity contribution in [2.75, 3.05) is 13.7 Å². The molecule has 7 heteroatoms. The summed E-state index contributed by atoms with van der Waals surface area (Å²) in [7, 11) is 1.53. The van der Waals surface area contributed by atoms with Crippen LogP contribution in [0.1, 0.15) is 65.3 Å². The van der Waals surface area contributed by atoms with Crippen LogP contribution in [0.25, 0.3) is 0 Å². The number of nitrogens with one attached hydrogen (secondary N) is 1. The topological polar surface area (TPSA) is 94.1 Å². The number of unbranched alkanes of at least 4 members (excludes halogenated alkanes) is 4. The lowest BCUT2D eigenvalue weighted by molar-refractivity contribution is 0.0734. The van der Waals surface area contributed by atoms with E-state index in [2.05, 4.69) is 18.8 Å². The highest BCUT2D eigenvalue weighted by molar-refractivity contribution is 5.95. The number of hydrogen-bond donors (Lipinski definition) is 2. The molecule has 0 spiro atoms. The van der Waals surface area contributed by atoms with Crippen molar-refractivity contribution in [3.63, 3.8) is 0 Å². The number of hydrogen-bond acceptors (Lipinski definition) is 6. The van der Waals surface area contributed by atoms with Crippen LogP contribution in [0.4, 0.5) is 0 Å². The zero-order valence-electron chi connectivity index (χ0n) is 22.7. The Morgan fingerprint density at radius 2 is 1.56 bits per heavy atom. The van der Waals surface area contributed by atoms with Gasteiger partial charge in [0.15, 0.2) is 0 Å². The first-order valence-electron chi connectivity index (χ1n) is 13.3. The SMILES string of the molecule is C=C(O)[C@H](Cc1ccc(OC(=O)c2ccc(OCCCCCCC)cc2)cc1)NC(=O)c1cccc(OC)c1. The summed E-state index contributed by atoms with van der Waals surface area (Å²) in [5.74, 6) is 0.681. The zero-order chi connectivity index (χ0) is 28.0. The van der Waals surface area contributed by atoms with Crippen molar-refractivity contribution in [1.82, 2.24) is 5.32 Å². The molecule has 3 rings (SSSR count). The quantitative estimate of drug-likeness (QED) is 0.0984. The van der Waals surface area contributed by atoms with Crippen LogP contribution >= 0.6 is 0 Å². The monoisotopic (exact) mass is 531 g/mol. The maximum absolute atomic E-state index is 12.7. The first-order valence-corrected chi connectivity index (χ1v) is 13.3. The van der Waals surface area contributed by atoms with Crippen molar-refractivity contribution >= 4 is 11.9 Å². The Balaban J connectivity index is 1.51. The first kappa shape index (κ1) is 29.3. The summed E-state index contributed by atoms with van der Waals surface area (Å²) in [6, 6.07) is 19.8. The first-order chi connectivity index (χ1) is 18.9. The fourth-order valence-electron chi connectivity index (χ4n) is 3.94. The van der Waals surface area contributed by atoms with E-state index in [0.29, 0.717) is 35.7 Å². The predicted molar refractivity (Wildman–Crippen MR) is 152 cm³/mol. The van der Waals surface area contributed by atoms with Crippen LogP contribution in [-0.4, -0.2) is 36.7 Å². The third-order valence-electron chi connectivity index (χ3n) is 6.22. The van der Waals surface area contributed by atoms with Crippen molar-refractivity contribution in [3.8, 4) is 17.2 Å². The summed E-state index contributed by atoms with van der Waals surface area (Å²) in [5, 5.41) is 12.9. The second-order valence-electron chi connectivity index (χ2n) is 9.27. The normalized spacial score (nSPS) is 11.3. The van der Waals surface area contributed by atoms with E-state index in [1.807, 2.05) is 0 Å². The molecule has 0 heterocycles. The van der Waals surface area contributed by atoms with E-state index >= 15 is 0 Å². The van der Waals surface area contributed by atoms with Crippen LogP contribution in [0.2, 0.25) is 0 Å². The Kier molecular flexibility index (Phi) is 11.4. The number of carbonyl (C=O) groups is 2. The lowest BCUT2D eigenvalue weighted by atomic mass is 10.0. The number of aliphatic hydroxyl groups excluding tert-OH is 1. The molecule has 1 amide bonds. The highest BCUT2D eigenvalue weighted by Gasteiger charge is 2.18. The Bertz CT molecular complexity index is 1220. The van der Waals surface area contributed by atoms with Gasteiger partial charge in [-0.1, -0.05) is 57.4 Å². The van der Waals surface area contributed by atoms with Crippen LogP contribution in [0, 0.1) is 0 Å². The Hall–Kier alpha value is -4.26. The lowest BCUT2D eigenvalue weighted by Crippen LogP contribution is -2.37. The number of methoxy groups -OCH3 is 1. The predicted octanol–water partition coefficient (Wildman–Crippen LogP) is 6.68. The number of aliphatic hydroxyl groups is 1. The van der Waals surface area contributed by atoms with Gasteiger partial charge in [0.05, 0.1) is 25.3 Å². The third kappa shape index (κ3) is 9.52. The number of rotatable bonds is 15. The molecular weight excluding hydrogens is 494 g/mol. The van der Waals surface area contributed by atoms with E-state index in [4.69, 9.17) is 14.2 Å². The smallest absolute Gasteiger partial charge is 0.343 e. The lowest BCUT2D eigenvalue weighted by Gasteiger charge is -2.18. The van der Waals surface area contributed by atoms with Crippen LogP contribution in [0.5, 0.6) is 17.2 Å². The molecule has 0 aliphatic carbocycles. The Morgan fingerprint density at radius 1 is 0.872 bits per heavy atom. The van der Waals surface area contributed by atoms with Gasteiger partial charge in [0.2, 0.25) is 0 Å². The minimum atomic E-state index is -0.700. The summed E-state index contributed by atoms with van der Waals surface area (Å²) < 4.78 is 16.4. The van der Waals surface area contributed by atoms with Crippen LogP contribution < -0.4 is 19.5 Å². The number of amides is 1. The summed E-state index contributed by atoms with van der Waals surface area (Å²) >= 11 is 0. The molecule has 0 radical (unpaired) electrons. The van der Waals surface area contributed by atoms with Gasteiger partial charge in [0.1, 0.15) is 23.0 Å². The second-order valence-corrected chi connectivity index (χ2v) is 9.27. The fourth-order valence-corrected chi connectivity index (χ4v) is 3.94. The summed E-state index contributed by atoms with van der Waals surface area (Å²) in [4.78, 5) is 25.2. The minimum absolute atomic E-state index is 0.161. The van der Waals surface area contributed by atoms with Gasteiger partial charge in [-0.05, 0) is 73.0 Å². The average molecular weight is 532 g/mol. The Morgan fingerprint density at radius 3 is 2.23 bits per heavy atom. The van der Waals surface area contributed by atoms with Crippen molar-refractivity contribution < 1.29 is 28.9 Å². The number of ether oxygens (including phenoxy) is 3. The van der Waals surface area contributed by atoms with Crippen LogP contribution in [0.3, 0.4) is 0 Å². The van der Waals surface area contributed by atoms with Gasteiger partial charge < -0.3 is 24.6 Å². The molecular formula is C32H37NO6. The van der Waals surface area contributed by atoms with Crippen LogP contribution in [0.15, 0.2) is 85.1 Å². The fraction of sp³-hybridized carbons (Fsp3) is 0.312. The molecule has 2 N–H and O–H groups in total. The second kappa shape index (κ2) is 15.2. The summed E-state index contributed by atoms with van der Waals surface area (Å²) in [5.41, 5.74) is 1.65. The van der Waals surface area contributed by atoms with E-state index in [1.54, 1.807) is 72.8 Å². The molecule has 0 aliphatic heterocycles.